The van der Waals surface area contributed by atoms with E-state index in [4.69, 9.17) is 9.47 Å². The van der Waals surface area contributed by atoms with Crippen molar-refractivity contribution in [3.8, 4) is 0 Å². The van der Waals surface area contributed by atoms with E-state index >= 15 is 0 Å². The second-order valence-corrected chi connectivity index (χ2v) is 5.83. The van der Waals surface area contributed by atoms with Gasteiger partial charge in [0.2, 0.25) is 0 Å². The summed E-state index contributed by atoms with van der Waals surface area (Å²) in [6.45, 7) is 2.32. The van der Waals surface area contributed by atoms with Gasteiger partial charge in [-0.2, -0.15) is 0 Å². The van der Waals surface area contributed by atoms with Crippen LogP contribution in [0.3, 0.4) is 0 Å². The summed E-state index contributed by atoms with van der Waals surface area (Å²) < 4.78 is 11.9. The van der Waals surface area contributed by atoms with Crippen molar-refractivity contribution in [2.24, 2.45) is 11.8 Å². The molecule has 1 aromatic carbocycles. The van der Waals surface area contributed by atoms with Crippen molar-refractivity contribution in [1.82, 2.24) is 0 Å². The van der Waals surface area contributed by atoms with E-state index in [0.717, 1.165) is 18.6 Å². The van der Waals surface area contributed by atoms with Gasteiger partial charge >= 0.3 is 0 Å². The molecule has 1 aliphatic carbocycles. The molecule has 0 aromatic heterocycles. The maximum Gasteiger partial charge on any atom is 0.119 e. The molecule has 2 heterocycles. The van der Waals surface area contributed by atoms with Crippen LogP contribution in [0.2, 0.25) is 0 Å². The Kier molecular flexibility index (Phi) is 2.00. The zero-order valence-electron chi connectivity index (χ0n) is 10.8. The molecule has 1 fully saturated rings. The Bertz CT molecular complexity index is 534. The molecule has 18 heavy (non-hydrogen) atoms. The van der Waals surface area contributed by atoms with E-state index in [1.807, 2.05) is 0 Å². The monoisotopic (exact) mass is 242 g/mol. The highest BCUT2D eigenvalue weighted by molar-refractivity contribution is 5.46. The number of allylic oxidation sites excluding steroid dienone is 1. The van der Waals surface area contributed by atoms with E-state index in [2.05, 4.69) is 37.3 Å². The van der Waals surface area contributed by atoms with Crippen LogP contribution in [0, 0.1) is 11.8 Å². The summed E-state index contributed by atoms with van der Waals surface area (Å²) in [7, 11) is 1.77. The first-order valence-corrected chi connectivity index (χ1v) is 6.77. The van der Waals surface area contributed by atoms with Crippen LogP contribution in [0.5, 0.6) is 0 Å². The van der Waals surface area contributed by atoms with Crippen molar-refractivity contribution in [1.29, 1.82) is 0 Å². The minimum absolute atomic E-state index is 0.204. The Balaban J connectivity index is 1.93. The van der Waals surface area contributed by atoms with Crippen LogP contribution in [0.25, 0.3) is 0 Å². The van der Waals surface area contributed by atoms with Gasteiger partial charge in [-0.25, -0.2) is 0 Å². The number of hydrogen-bond donors (Lipinski definition) is 0. The summed E-state index contributed by atoms with van der Waals surface area (Å²) in [5.74, 6) is 2.32. The van der Waals surface area contributed by atoms with Crippen molar-refractivity contribution in [3.05, 3.63) is 47.2 Å². The summed E-state index contributed by atoms with van der Waals surface area (Å²) in [6.07, 6.45) is 4.73. The summed E-state index contributed by atoms with van der Waals surface area (Å²) in [5, 5.41) is 0. The number of benzene rings is 1. The molecule has 0 amide bonds. The first-order valence-electron chi connectivity index (χ1n) is 6.77. The van der Waals surface area contributed by atoms with E-state index in [1.165, 1.54) is 11.1 Å². The van der Waals surface area contributed by atoms with Gasteiger partial charge < -0.3 is 9.47 Å². The summed E-state index contributed by atoms with van der Waals surface area (Å²) in [5.41, 5.74) is 2.55. The largest absolute Gasteiger partial charge is 0.501 e. The van der Waals surface area contributed by atoms with Crippen LogP contribution in [-0.2, 0) is 15.1 Å². The second kappa shape index (κ2) is 3.39. The molecule has 94 valence electrons. The second-order valence-electron chi connectivity index (χ2n) is 5.83. The highest BCUT2D eigenvalue weighted by atomic mass is 16.5. The minimum Gasteiger partial charge on any atom is -0.501 e. The molecule has 2 heteroatoms. The summed E-state index contributed by atoms with van der Waals surface area (Å²) >= 11 is 0. The van der Waals surface area contributed by atoms with Gasteiger partial charge in [0.1, 0.15) is 5.60 Å². The SMILES string of the molecule is COC1=C[C@]23O[C@H](C[C@@H]2[C@H](C)C1)c1ccccc13. The molecule has 2 aliphatic heterocycles. The van der Waals surface area contributed by atoms with Gasteiger partial charge in [-0.05, 0) is 29.5 Å². The number of methoxy groups -OCH3 is 1. The number of ether oxygens (including phenoxy) is 2. The van der Waals surface area contributed by atoms with Crippen molar-refractivity contribution in [2.75, 3.05) is 7.11 Å². The standard InChI is InChI=1S/C16H18O2/c1-10-7-11(17-2)9-16-13-6-4-3-5-12(13)15(18-16)8-14(10)16/h3-6,9-10,14-15H,7-8H2,1-2H3/t10-,14-,15-,16-/m1/s1. The quantitative estimate of drug-likeness (QED) is 0.750. The average Bonchev–Trinajstić information content (AvgIpc) is 2.92. The van der Waals surface area contributed by atoms with E-state index in [0.29, 0.717) is 17.9 Å². The first kappa shape index (κ1) is 10.6. The predicted octanol–water partition coefficient (Wildman–Crippen LogP) is 3.54. The molecule has 0 radical (unpaired) electrons. The average molecular weight is 242 g/mol. The van der Waals surface area contributed by atoms with E-state index in [9.17, 15) is 0 Å². The van der Waals surface area contributed by atoms with Crippen LogP contribution >= 0.6 is 0 Å². The maximum absolute atomic E-state index is 6.38. The fraction of sp³-hybridized carbons (Fsp3) is 0.500. The molecule has 4 atom stereocenters. The molecule has 0 saturated carbocycles. The molecule has 2 bridgehead atoms. The molecule has 1 spiro atoms. The van der Waals surface area contributed by atoms with Gasteiger partial charge in [0, 0.05) is 12.3 Å². The van der Waals surface area contributed by atoms with Gasteiger partial charge in [0.15, 0.2) is 0 Å². The maximum atomic E-state index is 6.38. The van der Waals surface area contributed by atoms with Crippen LogP contribution < -0.4 is 0 Å². The summed E-state index contributed by atoms with van der Waals surface area (Å²) in [6, 6.07) is 8.67. The van der Waals surface area contributed by atoms with Crippen molar-refractivity contribution in [3.63, 3.8) is 0 Å². The molecule has 0 N–H and O–H groups in total. The van der Waals surface area contributed by atoms with Gasteiger partial charge in [-0.15, -0.1) is 0 Å². The third-order valence-electron chi connectivity index (χ3n) is 4.93. The Labute approximate surface area is 108 Å². The van der Waals surface area contributed by atoms with Crippen molar-refractivity contribution >= 4 is 0 Å². The highest BCUT2D eigenvalue weighted by Crippen LogP contribution is 2.63. The van der Waals surface area contributed by atoms with Gasteiger partial charge in [0.25, 0.3) is 0 Å². The van der Waals surface area contributed by atoms with Gasteiger partial charge in [-0.1, -0.05) is 31.2 Å². The summed E-state index contributed by atoms with van der Waals surface area (Å²) in [4.78, 5) is 0. The molecular weight excluding hydrogens is 224 g/mol. The normalized spacial score (nSPS) is 40.1. The fourth-order valence-corrected chi connectivity index (χ4v) is 4.14. The lowest BCUT2D eigenvalue weighted by Gasteiger charge is -2.39. The zero-order valence-corrected chi connectivity index (χ0v) is 10.8. The fourth-order valence-electron chi connectivity index (χ4n) is 4.14. The Morgan fingerprint density at radius 2 is 2.17 bits per heavy atom. The van der Waals surface area contributed by atoms with Gasteiger partial charge in [-0.3, -0.25) is 0 Å². The lowest BCUT2D eigenvalue weighted by molar-refractivity contribution is -0.0236. The molecule has 4 rings (SSSR count). The molecule has 3 aliphatic rings. The van der Waals surface area contributed by atoms with E-state index in [1.54, 1.807) is 7.11 Å². The minimum atomic E-state index is -0.204. The highest BCUT2D eigenvalue weighted by Gasteiger charge is 2.58. The number of hydrogen-bond acceptors (Lipinski definition) is 2. The van der Waals surface area contributed by atoms with Gasteiger partial charge in [0.05, 0.1) is 19.0 Å². The topological polar surface area (TPSA) is 18.5 Å². The van der Waals surface area contributed by atoms with E-state index < -0.39 is 0 Å². The Morgan fingerprint density at radius 1 is 1.33 bits per heavy atom. The lowest BCUT2D eigenvalue weighted by Crippen LogP contribution is -2.37. The smallest absolute Gasteiger partial charge is 0.119 e. The van der Waals surface area contributed by atoms with Crippen LogP contribution in [0.1, 0.15) is 37.0 Å². The van der Waals surface area contributed by atoms with Crippen LogP contribution in [0.15, 0.2) is 36.1 Å². The van der Waals surface area contributed by atoms with E-state index in [-0.39, 0.29) is 5.60 Å². The molecule has 1 aromatic rings. The molecular formula is C16H18O2. The third-order valence-corrected chi connectivity index (χ3v) is 4.93. The zero-order chi connectivity index (χ0) is 12.3. The third kappa shape index (κ3) is 1.12. The van der Waals surface area contributed by atoms with Crippen molar-refractivity contribution < 1.29 is 9.47 Å². The number of fused-ring (bicyclic) bond motifs is 3. The van der Waals surface area contributed by atoms with Crippen LogP contribution in [-0.4, -0.2) is 7.11 Å². The number of rotatable bonds is 1. The lowest BCUT2D eigenvalue weighted by atomic mass is 9.65. The Morgan fingerprint density at radius 3 is 3.00 bits per heavy atom. The molecule has 2 nitrogen and oxygen atoms in total. The molecule has 0 unspecified atom stereocenters. The predicted molar refractivity (Wildman–Crippen MR) is 68.9 cm³/mol. The Hall–Kier alpha value is -1.28. The molecule has 1 saturated heterocycles. The van der Waals surface area contributed by atoms with Crippen LogP contribution in [0.4, 0.5) is 0 Å². The van der Waals surface area contributed by atoms with Crippen molar-refractivity contribution in [2.45, 2.75) is 31.5 Å². The first-order chi connectivity index (χ1) is 8.74.